The summed E-state index contributed by atoms with van der Waals surface area (Å²) in [6.07, 6.45) is 8.72. The molecular weight excluding hydrogens is 708 g/mol. The van der Waals surface area contributed by atoms with Crippen LogP contribution in [0.15, 0.2) is 94.3 Å². The maximum Gasteiger partial charge on any atom is 0.330 e. The van der Waals surface area contributed by atoms with Gasteiger partial charge in [0, 0.05) is 48.7 Å². The molecule has 0 saturated carbocycles. The van der Waals surface area contributed by atoms with Crippen LogP contribution in [0.5, 0.6) is 11.5 Å². The number of nitrogens with zero attached hydrogens (tertiary/aromatic N) is 5. The van der Waals surface area contributed by atoms with Gasteiger partial charge in [0.2, 0.25) is 0 Å². The van der Waals surface area contributed by atoms with Crippen LogP contribution in [-0.2, 0) is 19.1 Å². The third-order valence-electron chi connectivity index (χ3n) is 7.99. The maximum atomic E-state index is 11.4. The van der Waals surface area contributed by atoms with Crippen LogP contribution >= 0.6 is 11.6 Å². The second-order valence-corrected chi connectivity index (χ2v) is 12.8. The van der Waals surface area contributed by atoms with Gasteiger partial charge in [-0.2, -0.15) is 5.11 Å². The van der Waals surface area contributed by atoms with Crippen molar-refractivity contribution in [3.63, 3.8) is 0 Å². The molecule has 0 aliphatic carbocycles. The molecule has 0 amide bonds. The van der Waals surface area contributed by atoms with Crippen molar-refractivity contribution in [2.75, 3.05) is 50.2 Å². The van der Waals surface area contributed by atoms with E-state index in [0.717, 1.165) is 67.9 Å². The summed E-state index contributed by atoms with van der Waals surface area (Å²) in [5.41, 5.74) is 10.6. The Hall–Kier alpha value is -5.23. The van der Waals surface area contributed by atoms with E-state index in [-0.39, 0.29) is 0 Å². The number of anilines is 2. The Balaban J connectivity index is 1.92. The van der Waals surface area contributed by atoms with Crippen molar-refractivity contribution in [3.8, 4) is 11.5 Å². The number of unbranched alkanes of at least 4 members (excludes halogenated alkanes) is 4. The molecule has 3 aromatic rings. The Morgan fingerprint density at radius 2 is 1.17 bits per heavy atom. The van der Waals surface area contributed by atoms with Gasteiger partial charge in [-0.05, 0) is 100 Å². The smallest absolute Gasteiger partial charge is 0.330 e. The lowest BCUT2D eigenvalue weighted by atomic mass is 10.1. The van der Waals surface area contributed by atoms with Gasteiger partial charge < -0.3 is 29.6 Å². The van der Waals surface area contributed by atoms with Gasteiger partial charge in [0.15, 0.2) is 0 Å². The summed E-state index contributed by atoms with van der Waals surface area (Å²) in [5.74, 6) is -0.0160. The van der Waals surface area contributed by atoms with Crippen molar-refractivity contribution in [1.29, 1.82) is 0 Å². The molecule has 0 unspecified atom stereocenters. The summed E-state index contributed by atoms with van der Waals surface area (Å²) in [7, 11) is 0. The molecule has 2 N–H and O–H groups in total. The number of rotatable bonds is 25. The number of benzene rings is 3. The molecule has 13 heteroatoms. The van der Waals surface area contributed by atoms with Crippen LogP contribution in [0, 0.1) is 6.92 Å². The molecule has 0 aromatic heterocycles. The quantitative estimate of drug-likeness (QED) is 0.0295. The Labute approximate surface area is 324 Å². The third kappa shape index (κ3) is 15.0. The second-order valence-electron chi connectivity index (χ2n) is 12.4. The summed E-state index contributed by atoms with van der Waals surface area (Å²) in [5, 5.41) is 18.5. The number of nitrogen functional groups attached to an aromatic ring is 1. The predicted octanol–water partition coefficient (Wildman–Crippen LogP) is 11.2. The minimum Gasteiger partial charge on any atom is -0.491 e. The minimum absolute atomic E-state index is 0.304. The highest BCUT2D eigenvalue weighted by Crippen LogP contribution is 2.42. The number of ether oxygens (including phenoxy) is 4. The fraction of sp³-hybridized carbons (Fsp3) is 0.415. The molecule has 0 fully saturated rings. The first-order valence-corrected chi connectivity index (χ1v) is 18.8. The molecule has 0 radical (unpaired) electrons. The van der Waals surface area contributed by atoms with E-state index in [1.807, 2.05) is 13.0 Å². The van der Waals surface area contributed by atoms with E-state index < -0.39 is 11.9 Å². The highest BCUT2D eigenvalue weighted by molar-refractivity contribution is 6.33. The van der Waals surface area contributed by atoms with Crippen LogP contribution in [0.1, 0.15) is 70.8 Å². The number of nitrogens with two attached hydrogens (primary N) is 1. The fourth-order valence-corrected chi connectivity index (χ4v) is 5.42. The minimum atomic E-state index is -0.443. The van der Waals surface area contributed by atoms with Crippen LogP contribution in [0.25, 0.3) is 0 Å². The van der Waals surface area contributed by atoms with Crippen LogP contribution < -0.4 is 20.1 Å². The molecule has 0 atom stereocenters. The zero-order chi connectivity index (χ0) is 39.1. The zero-order valence-corrected chi connectivity index (χ0v) is 32.5. The first-order chi connectivity index (χ1) is 26.2. The number of carbonyl (C=O) groups is 2. The predicted molar refractivity (Wildman–Crippen MR) is 216 cm³/mol. The first-order valence-electron chi connectivity index (χ1n) is 18.4. The van der Waals surface area contributed by atoms with E-state index in [0.29, 0.717) is 91.4 Å². The lowest BCUT2D eigenvalue weighted by molar-refractivity contribution is -0.138. The summed E-state index contributed by atoms with van der Waals surface area (Å²) in [6.45, 7) is 16.5. The highest BCUT2D eigenvalue weighted by Gasteiger charge is 2.15. The zero-order valence-electron chi connectivity index (χ0n) is 31.7. The molecule has 0 saturated heterocycles. The Morgan fingerprint density at radius 1 is 0.685 bits per heavy atom. The van der Waals surface area contributed by atoms with Crippen LogP contribution in [-0.4, -0.2) is 51.5 Å². The van der Waals surface area contributed by atoms with Gasteiger partial charge in [-0.1, -0.05) is 38.6 Å². The monoisotopic (exact) mass is 760 g/mol. The largest absolute Gasteiger partial charge is 0.491 e. The molecule has 0 heterocycles. The lowest BCUT2D eigenvalue weighted by Gasteiger charge is -2.24. The van der Waals surface area contributed by atoms with Crippen LogP contribution in [0.2, 0.25) is 5.02 Å². The molecule has 3 aromatic carbocycles. The van der Waals surface area contributed by atoms with E-state index in [2.05, 4.69) is 64.5 Å². The summed E-state index contributed by atoms with van der Waals surface area (Å²) < 4.78 is 22.7. The van der Waals surface area contributed by atoms with Gasteiger partial charge in [0.05, 0.1) is 37.1 Å². The van der Waals surface area contributed by atoms with Gasteiger partial charge in [0.1, 0.15) is 28.6 Å². The molecule has 54 heavy (non-hydrogen) atoms. The molecule has 12 nitrogen and oxygen atoms in total. The molecule has 290 valence electrons. The number of halogens is 1. The molecular formula is C41H53ClN6O6. The number of hydrogen-bond donors (Lipinski definition) is 1. The number of azo groups is 2. The maximum absolute atomic E-state index is 11.4. The second kappa shape index (κ2) is 24.2. The fourth-order valence-electron chi connectivity index (χ4n) is 5.19. The molecule has 0 spiro atoms. The van der Waals surface area contributed by atoms with E-state index >= 15 is 0 Å². The van der Waals surface area contributed by atoms with Gasteiger partial charge in [-0.15, -0.1) is 15.3 Å². The van der Waals surface area contributed by atoms with Crippen molar-refractivity contribution in [2.45, 2.75) is 72.1 Å². The number of carbonyl (C=O) groups excluding carboxylic acids is 2. The van der Waals surface area contributed by atoms with E-state index in [4.69, 9.17) is 36.3 Å². The van der Waals surface area contributed by atoms with Crippen molar-refractivity contribution >= 4 is 57.7 Å². The summed E-state index contributed by atoms with van der Waals surface area (Å²) in [4.78, 5) is 25.1. The molecule has 0 aliphatic rings. The first kappa shape index (κ1) is 43.2. The normalized spacial score (nSPS) is 11.1. The molecule has 0 aliphatic heterocycles. The number of hydrogen-bond acceptors (Lipinski definition) is 12. The Bertz CT molecular complexity index is 1740. The van der Waals surface area contributed by atoms with Gasteiger partial charge >= 0.3 is 11.9 Å². The lowest BCUT2D eigenvalue weighted by Crippen LogP contribution is -2.24. The van der Waals surface area contributed by atoms with Crippen molar-refractivity contribution < 1.29 is 28.5 Å². The number of aryl methyl sites for hydroxylation is 1. The summed E-state index contributed by atoms with van der Waals surface area (Å²) in [6, 6.07) is 14.7. The average Bonchev–Trinajstić information content (AvgIpc) is 3.16. The standard InChI is InChI=1S/C41H53ClN6O6/c1-6-20-48(21-7-2)32-17-19-34(30(5)26-32)44-46-36-28-39(52-23-13-11-15-25-54-41(50)9-4)37(47-45-35-18-16-31(43)27-33(35)42)29-38(36)51-22-12-10-14-24-53-40(49)8-3/h8-9,16-19,26-29H,3-4,6-7,10-15,20-25,43H2,1-2,5H3. The highest BCUT2D eigenvalue weighted by atomic mass is 35.5. The Kier molecular flexibility index (Phi) is 19.3. The van der Waals surface area contributed by atoms with Crippen molar-refractivity contribution in [1.82, 2.24) is 0 Å². The van der Waals surface area contributed by atoms with E-state index in [1.165, 1.54) is 0 Å². The molecule has 0 bridgehead atoms. The Morgan fingerprint density at radius 3 is 1.65 bits per heavy atom. The number of esters is 2. The van der Waals surface area contributed by atoms with Crippen LogP contribution in [0.3, 0.4) is 0 Å². The SMILES string of the molecule is C=CC(=O)OCCCCCOc1cc(N=Nc2ccc(N)cc2Cl)c(OCCCCCOC(=O)C=C)cc1N=Nc1ccc(N(CCC)CCC)cc1C. The van der Waals surface area contributed by atoms with Crippen molar-refractivity contribution in [3.05, 3.63) is 84.4 Å². The summed E-state index contributed by atoms with van der Waals surface area (Å²) >= 11 is 6.39. The average molecular weight is 761 g/mol. The van der Waals surface area contributed by atoms with Gasteiger partial charge in [0.25, 0.3) is 0 Å². The van der Waals surface area contributed by atoms with E-state index in [9.17, 15) is 9.59 Å². The van der Waals surface area contributed by atoms with E-state index in [1.54, 1.807) is 30.3 Å². The van der Waals surface area contributed by atoms with Crippen LogP contribution in [0.4, 0.5) is 34.1 Å². The van der Waals surface area contributed by atoms with Crippen molar-refractivity contribution in [2.24, 2.45) is 20.5 Å². The topological polar surface area (TPSA) is 150 Å². The third-order valence-corrected chi connectivity index (χ3v) is 8.29. The van der Waals surface area contributed by atoms with Gasteiger partial charge in [-0.3, -0.25) is 0 Å². The van der Waals surface area contributed by atoms with Gasteiger partial charge in [-0.25, -0.2) is 9.59 Å². The molecule has 3 rings (SSSR count).